The van der Waals surface area contributed by atoms with Gasteiger partial charge in [-0.05, 0) is 42.8 Å². The average Bonchev–Trinajstić information content (AvgIpc) is 2.55. The lowest BCUT2D eigenvalue weighted by Gasteiger charge is -2.11. The minimum absolute atomic E-state index is 0.0650. The van der Waals surface area contributed by atoms with E-state index in [0.717, 1.165) is 10.9 Å². The Kier molecular flexibility index (Phi) is 3.93. The molecule has 24 heavy (non-hydrogen) atoms. The first-order valence-corrected chi connectivity index (χ1v) is 8.55. The predicted molar refractivity (Wildman–Crippen MR) is 93.3 cm³/mol. The lowest BCUT2D eigenvalue weighted by molar-refractivity contribution is 0.597. The first-order chi connectivity index (χ1) is 11.4. The molecule has 0 aliphatic rings. The van der Waals surface area contributed by atoms with Crippen LogP contribution in [0.1, 0.15) is 11.1 Å². The van der Waals surface area contributed by atoms with Crippen molar-refractivity contribution in [2.75, 3.05) is 5.32 Å². The van der Waals surface area contributed by atoms with Crippen LogP contribution in [0.5, 0.6) is 0 Å². The summed E-state index contributed by atoms with van der Waals surface area (Å²) >= 11 is 0. The van der Waals surface area contributed by atoms with E-state index in [1.165, 1.54) is 12.4 Å². The number of hydrogen-bond acceptors (Lipinski definition) is 5. The van der Waals surface area contributed by atoms with Crippen molar-refractivity contribution in [2.45, 2.75) is 11.8 Å². The van der Waals surface area contributed by atoms with Gasteiger partial charge in [0.05, 0.1) is 10.4 Å². The van der Waals surface area contributed by atoms with Crippen LogP contribution in [0.25, 0.3) is 10.9 Å². The molecule has 0 aliphatic carbocycles. The van der Waals surface area contributed by atoms with Crippen molar-refractivity contribution >= 4 is 32.4 Å². The normalized spacial score (nSPS) is 11.2. The van der Waals surface area contributed by atoms with Crippen molar-refractivity contribution in [3.05, 3.63) is 53.9 Å². The Bertz CT molecular complexity index is 1090. The highest BCUT2D eigenvalue weighted by Crippen LogP contribution is 2.26. The summed E-state index contributed by atoms with van der Waals surface area (Å²) in [7, 11) is -3.80. The monoisotopic (exact) mass is 338 g/mol. The number of nitrogens with two attached hydrogens (primary N) is 1. The summed E-state index contributed by atoms with van der Waals surface area (Å²) in [6.45, 7) is 1.68. The number of rotatable bonds is 3. The lowest BCUT2D eigenvalue weighted by Crippen LogP contribution is -2.14. The van der Waals surface area contributed by atoms with Gasteiger partial charge in [0.25, 0.3) is 0 Å². The van der Waals surface area contributed by atoms with Crippen LogP contribution in [0.2, 0.25) is 0 Å². The quantitative estimate of drug-likeness (QED) is 0.714. The number of hydrogen-bond donors (Lipinski definition) is 2. The fraction of sp³-hybridized carbons (Fsp3) is 0.0588. The molecule has 3 rings (SSSR count). The molecular formula is C17H14N4O2S. The molecule has 6 nitrogen and oxygen atoms in total. The Morgan fingerprint density at radius 2 is 1.96 bits per heavy atom. The molecule has 7 heteroatoms. The van der Waals surface area contributed by atoms with E-state index in [4.69, 9.17) is 11.6 Å². The number of benzene rings is 2. The number of nitrogens with one attached hydrogen (secondary N) is 1. The second kappa shape index (κ2) is 5.92. The van der Waals surface area contributed by atoms with E-state index < -0.39 is 10.0 Å². The third kappa shape index (κ3) is 3.06. The zero-order valence-electron chi connectivity index (χ0n) is 12.8. The second-order valence-electron chi connectivity index (χ2n) is 5.25. The van der Waals surface area contributed by atoms with Gasteiger partial charge in [-0.15, -0.1) is 6.42 Å². The molecule has 0 aliphatic heterocycles. The van der Waals surface area contributed by atoms with E-state index in [1.807, 2.05) is 6.07 Å². The van der Waals surface area contributed by atoms with E-state index in [9.17, 15) is 8.42 Å². The van der Waals surface area contributed by atoms with E-state index in [1.54, 1.807) is 31.2 Å². The highest BCUT2D eigenvalue weighted by Gasteiger charge is 2.13. The maximum absolute atomic E-state index is 11.7. The largest absolute Gasteiger partial charge is 0.340 e. The van der Waals surface area contributed by atoms with Crippen LogP contribution in [0.15, 0.2) is 47.6 Å². The summed E-state index contributed by atoms with van der Waals surface area (Å²) in [5, 5.41) is 9.08. The molecule has 0 unspecified atom stereocenters. The Labute approximate surface area is 139 Å². The smallest absolute Gasteiger partial charge is 0.238 e. The number of aromatic nitrogens is 2. The summed E-state index contributed by atoms with van der Waals surface area (Å²) in [6, 6.07) is 10.3. The Morgan fingerprint density at radius 3 is 2.67 bits per heavy atom. The van der Waals surface area contributed by atoms with Gasteiger partial charge in [-0.25, -0.2) is 23.5 Å². The molecule has 120 valence electrons. The molecule has 2 aromatic carbocycles. The zero-order valence-corrected chi connectivity index (χ0v) is 13.6. The van der Waals surface area contributed by atoms with Gasteiger partial charge in [0.2, 0.25) is 10.0 Å². The van der Waals surface area contributed by atoms with Crippen molar-refractivity contribution in [3.8, 4) is 12.3 Å². The Morgan fingerprint density at radius 1 is 1.17 bits per heavy atom. The van der Waals surface area contributed by atoms with Gasteiger partial charge in [-0.3, -0.25) is 0 Å². The molecule has 0 saturated heterocycles. The van der Waals surface area contributed by atoms with Crippen LogP contribution in [0.4, 0.5) is 11.5 Å². The van der Waals surface area contributed by atoms with Crippen LogP contribution < -0.4 is 10.5 Å². The third-order valence-corrected chi connectivity index (χ3v) is 4.61. The molecule has 0 atom stereocenters. The number of sulfonamides is 1. The van der Waals surface area contributed by atoms with E-state index in [0.29, 0.717) is 22.6 Å². The number of anilines is 2. The van der Waals surface area contributed by atoms with Gasteiger partial charge in [0, 0.05) is 16.6 Å². The summed E-state index contributed by atoms with van der Waals surface area (Å²) in [5.74, 6) is 3.10. The van der Waals surface area contributed by atoms with Crippen LogP contribution in [-0.2, 0) is 10.0 Å². The summed E-state index contributed by atoms with van der Waals surface area (Å²) < 4.78 is 23.3. The fourth-order valence-electron chi connectivity index (χ4n) is 2.37. The number of terminal acetylenes is 1. The van der Waals surface area contributed by atoms with Crippen LogP contribution in [0.3, 0.4) is 0 Å². The molecular weight excluding hydrogens is 324 g/mol. The van der Waals surface area contributed by atoms with Crippen molar-refractivity contribution in [1.29, 1.82) is 0 Å². The molecule has 1 heterocycles. The third-order valence-electron chi connectivity index (χ3n) is 3.56. The molecule has 0 amide bonds. The van der Waals surface area contributed by atoms with Crippen LogP contribution >= 0.6 is 0 Å². The van der Waals surface area contributed by atoms with Gasteiger partial charge in [-0.1, -0.05) is 12.0 Å². The second-order valence-corrected chi connectivity index (χ2v) is 6.78. The van der Waals surface area contributed by atoms with Gasteiger partial charge >= 0.3 is 0 Å². The summed E-state index contributed by atoms with van der Waals surface area (Å²) in [4.78, 5) is 8.48. The minimum atomic E-state index is -3.80. The molecule has 3 aromatic rings. The number of aryl methyl sites for hydroxylation is 1. The molecule has 0 fully saturated rings. The topological polar surface area (TPSA) is 98.0 Å². The predicted octanol–water partition coefficient (Wildman–Crippen LogP) is 2.31. The van der Waals surface area contributed by atoms with Crippen molar-refractivity contribution in [3.63, 3.8) is 0 Å². The number of primary sulfonamides is 1. The minimum Gasteiger partial charge on any atom is -0.340 e. The molecule has 0 saturated carbocycles. The fourth-order valence-corrected chi connectivity index (χ4v) is 3.18. The number of fused-ring (bicyclic) bond motifs is 1. The first kappa shape index (κ1) is 15.9. The molecule has 0 radical (unpaired) electrons. The number of nitrogens with zero attached hydrogens (tertiary/aromatic N) is 2. The van der Waals surface area contributed by atoms with Gasteiger partial charge in [0.1, 0.15) is 12.1 Å². The van der Waals surface area contributed by atoms with Gasteiger partial charge in [0.15, 0.2) is 0 Å². The SMILES string of the molecule is C#Cc1ccc2ncnc(Nc3ccc(C)c(S(N)(=O)=O)c3)c2c1. The van der Waals surface area contributed by atoms with E-state index in [-0.39, 0.29) is 4.90 Å². The standard InChI is InChI=1S/C17H14N4O2S/c1-3-12-5-7-15-14(8-12)17(20-10-19-15)21-13-6-4-11(2)16(9-13)24(18,22)23/h1,4-10H,2H3,(H2,18,22,23)(H,19,20,21). The molecule has 0 bridgehead atoms. The van der Waals surface area contributed by atoms with Gasteiger partial charge in [-0.2, -0.15) is 0 Å². The van der Waals surface area contributed by atoms with Crippen molar-refractivity contribution in [2.24, 2.45) is 5.14 Å². The highest BCUT2D eigenvalue weighted by atomic mass is 32.2. The van der Waals surface area contributed by atoms with Crippen molar-refractivity contribution in [1.82, 2.24) is 9.97 Å². The average molecular weight is 338 g/mol. The van der Waals surface area contributed by atoms with E-state index >= 15 is 0 Å². The van der Waals surface area contributed by atoms with Crippen LogP contribution in [-0.4, -0.2) is 18.4 Å². The highest BCUT2D eigenvalue weighted by molar-refractivity contribution is 7.89. The molecule has 1 aromatic heterocycles. The summed E-state index contributed by atoms with van der Waals surface area (Å²) in [5.41, 5.74) is 2.56. The maximum Gasteiger partial charge on any atom is 0.238 e. The van der Waals surface area contributed by atoms with E-state index in [2.05, 4.69) is 21.2 Å². The molecule has 0 spiro atoms. The maximum atomic E-state index is 11.7. The first-order valence-electron chi connectivity index (χ1n) is 7.00. The lowest BCUT2D eigenvalue weighted by atomic mass is 10.1. The molecule has 3 N–H and O–H groups in total. The Hall–Kier alpha value is -2.95. The Balaban J connectivity index is 2.09. The summed E-state index contributed by atoms with van der Waals surface area (Å²) in [6.07, 6.45) is 6.86. The zero-order chi connectivity index (χ0) is 17.3. The van der Waals surface area contributed by atoms with Gasteiger partial charge < -0.3 is 5.32 Å². The van der Waals surface area contributed by atoms with Crippen molar-refractivity contribution < 1.29 is 8.42 Å². The van der Waals surface area contributed by atoms with Crippen LogP contribution in [0, 0.1) is 19.3 Å².